The van der Waals surface area contributed by atoms with E-state index < -0.39 is 5.41 Å². The van der Waals surface area contributed by atoms with Crippen molar-refractivity contribution in [1.82, 2.24) is 4.98 Å². The molecule has 1 spiro atoms. The number of fused-ring (bicyclic) bond motifs is 3. The maximum Gasteiger partial charge on any atom is 0.236 e. The quantitative estimate of drug-likeness (QED) is 0.757. The third kappa shape index (κ3) is 2.38. The number of carbonyl (C=O) groups excluding carboxylic acids is 1. The molecule has 0 aliphatic carbocycles. The van der Waals surface area contributed by atoms with Gasteiger partial charge in [0.15, 0.2) is 0 Å². The first-order chi connectivity index (χ1) is 13.2. The lowest BCUT2D eigenvalue weighted by atomic mass is 9.75. The molecule has 5 heteroatoms. The number of anilines is 2. The van der Waals surface area contributed by atoms with Crippen LogP contribution in [0.5, 0.6) is 5.75 Å². The van der Waals surface area contributed by atoms with E-state index in [1.165, 1.54) is 0 Å². The fourth-order valence-electron chi connectivity index (χ4n) is 4.48. The number of benzene rings is 2. The van der Waals surface area contributed by atoms with Crippen molar-refractivity contribution in [3.8, 4) is 5.75 Å². The van der Waals surface area contributed by atoms with Gasteiger partial charge in [0.2, 0.25) is 5.91 Å². The summed E-state index contributed by atoms with van der Waals surface area (Å²) in [4.78, 5) is 20.0. The molecule has 2 aromatic carbocycles. The monoisotopic (exact) mass is 359 g/mol. The summed E-state index contributed by atoms with van der Waals surface area (Å²) in [5.74, 6) is 1.76. The molecule has 3 aromatic rings. The van der Waals surface area contributed by atoms with Gasteiger partial charge in [0.25, 0.3) is 0 Å². The molecule has 3 heterocycles. The number of amides is 1. The summed E-state index contributed by atoms with van der Waals surface area (Å²) in [5, 5.41) is 4.12. The molecule has 136 valence electrons. The summed E-state index contributed by atoms with van der Waals surface area (Å²) in [6.07, 6.45) is 1.82. The van der Waals surface area contributed by atoms with E-state index in [9.17, 15) is 4.79 Å². The number of hydrogen-bond donors (Lipinski definition) is 1. The molecule has 5 rings (SSSR count). The first kappa shape index (κ1) is 16.1. The lowest BCUT2D eigenvalue weighted by molar-refractivity contribution is -0.121. The normalized spacial score (nSPS) is 21.4. The van der Waals surface area contributed by atoms with Crippen LogP contribution in [-0.4, -0.2) is 31.1 Å². The van der Waals surface area contributed by atoms with Gasteiger partial charge in [0.05, 0.1) is 12.5 Å². The lowest BCUT2D eigenvalue weighted by Crippen LogP contribution is -2.50. The molecule has 1 atom stereocenters. The van der Waals surface area contributed by atoms with E-state index in [4.69, 9.17) is 9.72 Å². The van der Waals surface area contributed by atoms with E-state index in [-0.39, 0.29) is 5.91 Å². The minimum absolute atomic E-state index is 0.103. The minimum atomic E-state index is -0.494. The summed E-state index contributed by atoms with van der Waals surface area (Å²) < 4.78 is 5.48. The molecular weight excluding hydrogens is 338 g/mol. The average molecular weight is 359 g/mol. The van der Waals surface area contributed by atoms with E-state index >= 15 is 0 Å². The van der Waals surface area contributed by atoms with Crippen LogP contribution < -0.4 is 15.0 Å². The number of methoxy groups -OCH3 is 1. The third-order valence-electron chi connectivity index (χ3n) is 5.83. The predicted octanol–water partition coefficient (Wildman–Crippen LogP) is 3.73. The van der Waals surface area contributed by atoms with Gasteiger partial charge in [-0.15, -0.1) is 0 Å². The fraction of sp³-hybridized carbons (Fsp3) is 0.273. The van der Waals surface area contributed by atoms with Crippen LogP contribution in [0.1, 0.15) is 18.4 Å². The highest BCUT2D eigenvalue weighted by Crippen LogP contribution is 2.44. The highest BCUT2D eigenvalue weighted by molar-refractivity contribution is 6.06. The Morgan fingerprint density at radius 2 is 2.00 bits per heavy atom. The fourth-order valence-corrected chi connectivity index (χ4v) is 4.48. The topological polar surface area (TPSA) is 54.5 Å². The summed E-state index contributed by atoms with van der Waals surface area (Å²) >= 11 is 0. The predicted molar refractivity (Wildman–Crippen MR) is 106 cm³/mol. The number of nitrogens with zero attached hydrogens (tertiary/aromatic N) is 2. The smallest absolute Gasteiger partial charge is 0.236 e. The number of nitrogens with one attached hydrogen (secondary N) is 1. The Kier molecular flexibility index (Phi) is 3.57. The highest BCUT2D eigenvalue weighted by atomic mass is 16.5. The van der Waals surface area contributed by atoms with E-state index in [1.54, 1.807) is 7.11 Å². The van der Waals surface area contributed by atoms with Crippen LogP contribution in [0, 0.1) is 0 Å². The SMILES string of the molecule is COc1cccc2ccc(N3CCC[C@]4(C3)C(=O)Nc3ccccc34)nc12. The number of rotatable bonds is 2. The number of aromatic nitrogens is 1. The number of para-hydroxylation sites is 2. The molecule has 0 unspecified atom stereocenters. The molecule has 1 fully saturated rings. The van der Waals surface area contributed by atoms with Crippen molar-refractivity contribution in [2.24, 2.45) is 0 Å². The summed E-state index contributed by atoms with van der Waals surface area (Å²) in [5.41, 5.74) is 2.41. The highest BCUT2D eigenvalue weighted by Gasteiger charge is 2.49. The van der Waals surface area contributed by atoms with Gasteiger partial charge in [-0.25, -0.2) is 4.98 Å². The Morgan fingerprint density at radius 1 is 1.11 bits per heavy atom. The van der Waals surface area contributed by atoms with Crippen LogP contribution in [0.3, 0.4) is 0 Å². The lowest BCUT2D eigenvalue weighted by Gasteiger charge is -2.39. The molecule has 0 bridgehead atoms. The zero-order valence-corrected chi connectivity index (χ0v) is 15.2. The molecule has 1 N–H and O–H groups in total. The van der Waals surface area contributed by atoms with Crippen LogP contribution >= 0.6 is 0 Å². The van der Waals surface area contributed by atoms with E-state index in [0.29, 0.717) is 6.54 Å². The maximum atomic E-state index is 12.9. The largest absolute Gasteiger partial charge is 0.494 e. The second kappa shape index (κ2) is 5.98. The van der Waals surface area contributed by atoms with Crippen molar-refractivity contribution in [2.75, 3.05) is 30.4 Å². The Balaban J connectivity index is 1.56. The van der Waals surface area contributed by atoms with Crippen LogP contribution in [0.15, 0.2) is 54.6 Å². The standard InChI is InChI=1S/C22H21N3O2/c1-27-18-9-4-6-15-10-11-19(24-20(15)18)25-13-5-12-22(14-25)16-7-2-3-8-17(16)23-21(22)26/h2-4,6-11H,5,12-14H2,1H3,(H,23,26)/t22-/m1/s1. The number of pyridine rings is 1. The molecule has 27 heavy (non-hydrogen) atoms. The molecular formula is C22H21N3O2. The van der Waals surface area contributed by atoms with Crippen molar-refractivity contribution < 1.29 is 9.53 Å². The Morgan fingerprint density at radius 3 is 2.89 bits per heavy atom. The number of ether oxygens (including phenoxy) is 1. The first-order valence-electron chi connectivity index (χ1n) is 9.31. The van der Waals surface area contributed by atoms with Crippen LogP contribution in [0.4, 0.5) is 11.5 Å². The van der Waals surface area contributed by atoms with E-state index in [2.05, 4.69) is 22.3 Å². The molecule has 0 radical (unpaired) electrons. The van der Waals surface area contributed by atoms with Crippen molar-refractivity contribution in [3.63, 3.8) is 0 Å². The second-order valence-electron chi connectivity index (χ2n) is 7.31. The van der Waals surface area contributed by atoms with Crippen LogP contribution in [0.2, 0.25) is 0 Å². The maximum absolute atomic E-state index is 12.9. The molecule has 1 saturated heterocycles. The number of piperidine rings is 1. The van der Waals surface area contributed by atoms with Crippen molar-refractivity contribution in [1.29, 1.82) is 0 Å². The van der Waals surface area contributed by atoms with Gasteiger partial charge in [-0.05, 0) is 42.7 Å². The molecule has 1 aromatic heterocycles. The van der Waals surface area contributed by atoms with Crippen LogP contribution in [0.25, 0.3) is 10.9 Å². The summed E-state index contributed by atoms with van der Waals surface area (Å²) in [6, 6.07) is 18.1. The van der Waals surface area contributed by atoms with E-state index in [1.807, 2.05) is 42.5 Å². The average Bonchev–Trinajstić information content (AvgIpc) is 2.98. The summed E-state index contributed by atoms with van der Waals surface area (Å²) in [6.45, 7) is 1.54. The van der Waals surface area contributed by atoms with Crippen molar-refractivity contribution in [2.45, 2.75) is 18.3 Å². The first-order valence-corrected chi connectivity index (χ1v) is 9.31. The molecule has 5 nitrogen and oxygen atoms in total. The van der Waals surface area contributed by atoms with Gasteiger partial charge in [-0.2, -0.15) is 0 Å². The van der Waals surface area contributed by atoms with E-state index in [0.717, 1.165) is 53.1 Å². The Hall–Kier alpha value is -3.08. The van der Waals surface area contributed by atoms with Gasteiger partial charge in [-0.3, -0.25) is 4.79 Å². The van der Waals surface area contributed by atoms with Crippen molar-refractivity contribution >= 4 is 28.3 Å². The number of carbonyl (C=O) groups is 1. The third-order valence-corrected chi connectivity index (χ3v) is 5.83. The van der Waals surface area contributed by atoms with Gasteiger partial charge >= 0.3 is 0 Å². The second-order valence-corrected chi connectivity index (χ2v) is 7.31. The summed E-state index contributed by atoms with van der Waals surface area (Å²) in [7, 11) is 1.67. The molecule has 2 aliphatic rings. The molecule has 1 amide bonds. The van der Waals surface area contributed by atoms with Gasteiger partial charge in [0, 0.05) is 24.2 Å². The van der Waals surface area contributed by atoms with Crippen molar-refractivity contribution in [3.05, 3.63) is 60.2 Å². The molecule has 2 aliphatic heterocycles. The Bertz CT molecular complexity index is 1050. The zero-order valence-electron chi connectivity index (χ0n) is 15.2. The van der Waals surface area contributed by atoms with Gasteiger partial charge in [0.1, 0.15) is 17.1 Å². The minimum Gasteiger partial charge on any atom is -0.494 e. The number of hydrogen-bond acceptors (Lipinski definition) is 4. The van der Waals surface area contributed by atoms with Gasteiger partial charge < -0.3 is 15.0 Å². The van der Waals surface area contributed by atoms with Gasteiger partial charge in [-0.1, -0.05) is 30.3 Å². The molecule has 0 saturated carbocycles. The zero-order chi connectivity index (χ0) is 18.4. The van der Waals surface area contributed by atoms with Crippen LogP contribution in [-0.2, 0) is 10.2 Å². The Labute approximate surface area is 158 Å².